The Balaban J connectivity index is 2.57. The predicted octanol–water partition coefficient (Wildman–Crippen LogP) is 1.95. The summed E-state index contributed by atoms with van der Waals surface area (Å²) in [6, 6.07) is 0. The number of fused-ring (bicyclic) bond motifs is 1. The lowest BCUT2D eigenvalue weighted by Gasteiger charge is -2.09. The van der Waals surface area contributed by atoms with Gasteiger partial charge in [0.15, 0.2) is 9.60 Å². The van der Waals surface area contributed by atoms with E-state index in [4.69, 9.17) is 12.2 Å². The van der Waals surface area contributed by atoms with E-state index in [1.54, 1.807) is 10.6 Å². The molecular weight excluding hydrogens is 282 g/mol. The van der Waals surface area contributed by atoms with Crippen LogP contribution in [0.1, 0.15) is 13.3 Å². The largest absolute Gasteiger partial charge is 0.391 e. The van der Waals surface area contributed by atoms with Gasteiger partial charge in [-0.15, -0.1) is 6.58 Å². The molecular formula is C12H15N3O2S2. The highest BCUT2D eigenvalue weighted by molar-refractivity contribution is 7.73. The quantitative estimate of drug-likeness (QED) is 0.677. The molecule has 0 aromatic carbocycles. The summed E-state index contributed by atoms with van der Waals surface area (Å²) in [6.07, 6.45) is 3.23. The summed E-state index contributed by atoms with van der Waals surface area (Å²) in [6.45, 7) is 6.32. The average Bonchev–Trinajstić information content (AvgIpc) is 2.71. The van der Waals surface area contributed by atoms with E-state index in [-0.39, 0.29) is 12.1 Å². The second kappa shape index (κ2) is 5.77. The lowest BCUT2D eigenvalue weighted by atomic mass is 10.3. The van der Waals surface area contributed by atoms with Crippen LogP contribution in [-0.4, -0.2) is 25.3 Å². The number of rotatable bonds is 5. The molecule has 2 heterocycles. The zero-order chi connectivity index (χ0) is 14.0. The van der Waals surface area contributed by atoms with Gasteiger partial charge in [0, 0.05) is 6.54 Å². The van der Waals surface area contributed by atoms with Gasteiger partial charge in [-0.1, -0.05) is 24.3 Å². The molecule has 0 unspecified atom stereocenters. The van der Waals surface area contributed by atoms with Crippen LogP contribution in [0.25, 0.3) is 10.3 Å². The predicted molar refractivity (Wildman–Crippen MR) is 79.2 cm³/mol. The van der Waals surface area contributed by atoms with Gasteiger partial charge in [0.1, 0.15) is 11.0 Å². The Morgan fingerprint density at radius 1 is 1.68 bits per heavy atom. The first kappa shape index (κ1) is 14.1. The number of aliphatic hydroxyl groups excluding tert-OH is 1. The molecule has 2 aromatic rings. The van der Waals surface area contributed by atoms with E-state index in [2.05, 4.69) is 11.6 Å². The van der Waals surface area contributed by atoms with Crippen LogP contribution < -0.4 is 5.56 Å². The Bertz CT molecular complexity index is 714. The van der Waals surface area contributed by atoms with Gasteiger partial charge in [-0.2, -0.15) is 0 Å². The number of nitrogens with zero attached hydrogens (tertiary/aromatic N) is 3. The van der Waals surface area contributed by atoms with E-state index in [1.165, 1.54) is 22.2 Å². The van der Waals surface area contributed by atoms with Crippen LogP contribution in [0.3, 0.4) is 0 Å². The molecule has 0 aliphatic rings. The number of allylic oxidation sites excluding steroid dienone is 1. The monoisotopic (exact) mass is 297 g/mol. The van der Waals surface area contributed by atoms with Crippen molar-refractivity contribution in [3.05, 3.63) is 33.3 Å². The Morgan fingerprint density at radius 2 is 2.42 bits per heavy atom. The minimum Gasteiger partial charge on any atom is -0.391 e. The van der Waals surface area contributed by atoms with Crippen molar-refractivity contribution in [2.45, 2.75) is 32.5 Å². The molecule has 0 bridgehead atoms. The number of thiazole rings is 1. The van der Waals surface area contributed by atoms with Crippen molar-refractivity contribution in [2.75, 3.05) is 0 Å². The van der Waals surface area contributed by atoms with Gasteiger partial charge < -0.3 is 9.67 Å². The van der Waals surface area contributed by atoms with Crippen molar-refractivity contribution in [1.29, 1.82) is 0 Å². The third-order valence-electron chi connectivity index (χ3n) is 2.83. The van der Waals surface area contributed by atoms with E-state index in [9.17, 15) is 9.90 Å². The fraction of sp³-hybridized carbons (Fsp3) is 0.417. The molecule has 1 atom stereocenters. The normalized spacial score (nSPS) is 12.7. The minimum absolute atomic E-state index is 0.156. The van der Waals surface area contributed by atoms with E-state index < -0.39 is 6.10 Å². The van der Waals surface area contributed by atoms with Crippen LogP contribution in [0.2, 0.25) is 0 Å². The lowest BCUT2D eigenvalue weighted by molar-refractivity contribution is 0.148. The van der Waals surface area contributed by atoms with Crippen LogP contribution in [0.15, 0.2) is 23.8 Å². The third kappa shape index (κ3) is 2.68. The van der Waals surface area contributed by atoms with E-state index in [0.29, 0.717) is 27.3 Å². The van der Waals surface area contributed by atoms with Crippen molar-refractivity contribution in [1.82, 2.24) is 14.1 Å². The highest BCUT2D eigenvalue weighted by Gasteiger charge is 2.12. The third-order valence-corrected chi connectivity index (χ3v) is 4.26. The summed E-state index contributed by atoms with van der Waals surface area (Å²) in [5.74, 6) is 0. The van der Waals surface area contributed by atoms with Crippen molar-refractivity contribution in [3.8, 4) is 0 Å². The van der Waals surface area contributed by atoms with Gasteiger partial charge in [0.2, 0.25) is 0 Å². The zero-order valence-corrected chi connectivity index (χ0v) is 12.2. The van der Waals surface area contributed by atoms with Crippen LogP contribution in [-0.2, 0) is 13.1 Å². The second-order valence-electron chi connectivity index (χ2n) is 4.18. The van der Waals surface area contributed by atoms with Crippen LogP contribution >= 0.6 is 23.6 Å². The standard InChI is InChI=1S/C12H15N3O2S2/c1-3-5-15-10-9(19-12(15)18)11(17)14(7-13-10)6-8(16)4-2/h3,7-8,16H,1,4-6H2,2H3/t8-/m1/s1. The summed E-state index contributed by atoms with van der Waals surface area (Å²) in [4.78, 5) is 16.6. The van der Waals surface area contributed by atoms with E-state index in [0.717, 1.165) is 0 Å². The SMILES string of the molecule is C=CCn1c(=S)sc2c(=O)n(C[C@H](O)CC)cnc21. The van der Waals surface area contributed by atoms with Gasteiger partial charge in [0.05, 0.1) is 12.6 Å². The van der Waals surface area contributed by atoms with Crippen LogP contribution in [0.4, 0.5) is 0 Å². The van der Waals surface area contributed by atoms with Gasteiger partial charge in [0.25, 0.3) is 5.56 Å². The summed E-state index contributed by atoms with van der Waals surface area (Å²) in [5.41, 5.74) is 0.429. The first-order valence-corrected chi connectivity index (χ1v) is 7.18. The molecule has 1 N–H and O–H groups in total. The molecule has 0 spiro atoms. The molecule has 0 aliphatic heterocycles. The summed E-state index contributed by atoms with van der Waals surface area (Å²) < 4.78 is 4.34. The second-order valence-corrected chi connectivity index (χ2v) is 5.83. The molecule has 2 aromatic heterocycles. The Labute approximate surface area is 119 Å². The molecule has 0 fully saturated rings. The Morgan fingerprint density at radius 3 is 3.05 bits per heavy atom. The topological polar surface area (TPSA) is 60.0 Å². The molecule has 0 radical (unpaired) electrons. The Hall–Kier alpha value is -1.31. The van der Waals surface area contributed by atoms with Crippen molar-refractivity contribution < 1.29 is 5.11 Å². The summed E-state index contributed by atoms with van der Waals surface area (Å²) in [7, 11) is 0. The highest BCUT2D eigenvalue weighted by Crippen LogP contribution is 2.17. The molecule has 5 nitrogen and oxygen atoms in total. The smallest absolute Gasteiger partial charge is 0.273 e. The summed E-state index contributed by atoms with van der Waals surface area (Å²) in [5, 5.41) is 9.63. The zero-order valence-electron chi connectivity index (χ0n) is 10.6. The maximum absolute atomic E-state index is 12.3. The van der Waals surface area contributed by atoms with Crippen molar-refractivity contribution in [3.63, 3.8) is 0 Å². The van der Waals surface area contributed by atoms with Crippen molar-refractivity contribution >= 4 is 33.9 Å². The maximum atomic E-state index is 12.3. The van der Waals surface area contributed by atoms with E-state index >= 15 is 0 Å². The maximum Gasteiger partial charge on any atom is 0.273 e. The van der Waals surface area contributed by atoms with Gasteiger partial charge in [-0.3, -0.25) is 9.36 Å². The fourth-order valence-corrected chi connectivity index (χ4v) is 3.06. The molecule has 0 saturated carbocycles. The Kier molecular flexibility index (Phi) is 4.28. The molecule has 0 aliphatic carbocycles. The molecule has 0 amide bonds. The van der Waals surface area contributed by atoms with Crippen LogP contribution in [0.5, 0.6) is 0 Å². The molecule has 0 saturated heterocycles. The van der Waals surface area contributed by atoms with E-state index in [1.807, 2.05) is 6.92 Å². The molecule has 2 rings (SSSR count). The van der Waals surface area contributed by atoms with Gasteiger partial charge in [-0.05, 0) is 18.6 Å². The number of aliphatic hydroxyl groups is 1. The molecule has 19 heavy (non-hydrogen) atoms. The van der Waals surface area contributed by atoms with Crippen LogP contribution in [0, 0.1) is 3.95 Å². The first-order chi connectivity index (χ1) is 9.08. The first-order valence-electron chi connectivity index (χ1n) is 5.96. The molecule has 102 valence electrons. The van der Waals surface area contributed by atoms with Gasteiger partial charge in [-0.25, -0.2) is 4.98 Å². The highest BCUT2D eigenvalue weighted by atomic mass is 32.1. The number of hydrogen-bond acceptors (Lipinski definition) is 5. The fourth-order valence-electron chi connectivity index (χ4n) is 1.75. The average molecular weight is 297 g/mol. The van der Waals surface area contributed by atoms with Crippen molar-refractivity contribution in [2.24, 2.45) is 0 Å². The minimum atomic E-state index is -0.541. The summed E-state index contributed by atoms with van der Waals surface area (Å²) >= 11 is 6.47. The number of hydrogen-bond donors (Lipinski definition) is 1. The van der Waals surface area contributed by atoms with Gasteiger partial charge >= 0.3 is 0 Å². The molecule has 7 heteroatoms. The lowest BCUT2D eigenvalue weighted by Crippen LogP contribution is -2.26. The number of aromatic nitrogens is 3.